The van der Waals surface area contributed by atoms with Crippen molar-refractivity contribution in [1.82, 2.24) is 20.4 Å². The lowest BCUT2D eigenvalue weighted by molar-refractivity contribution is -0.130. The van der Waals surface area contributed by atoms with E-state index < -0.39 is 0 Å². The summed E-state index contributed by atoms with van der Waals surface area (Å²) in [5.74, 6) is 1.45. The number of fused-ring (bicyclic) bond motifs is 2. The van der Waals surface area contributed by atoms with Gasteiger partial charge in [0, 0.05) is 26.2 Å². The van der Waals surface area contributed by atoms with Crippen LogP contribution >= 0.6 is 0 Å². The van der Waals surface area contributed by atoms with E-state index in [2.05, 4.69) is 22.8 Å². The van der Waals surface area contributed by atoms with Crippen molar-refractivity contribution in [3.8, 4) is 0 Å². The van der Waals surface area contributed by atoms with Gasteiger partial charge < -0.3 is 20.4 Å². The van der Waals surface area contributed by atoms with Crippen molar-refractivity contribution in [2.75, 3.05) is 39.3 Å². The number of nitrogens with one attached hydrogen (secondary N) is 2. The molecule has 0 aromatic heterocycles. The monoisotopic (exact) mass is 356 g/mol. The van der Waals surface area contributed by atoms with Gasteiger partial charge in [0.05, 0.1) is 6.54 Å². The number of likely N-dealkylation sites (tertiary alicyclic amines) is 1. The van der Waals surface area contributed by atoms with E-state index in [-0.39, 0.29) is 18.5 Å². The molecule has 0 bridgehead atoms. The fraction of sp³-hybridized carbons (Fsp3) is 0.600. The van der Waals surface area contributed by atoms with Crippen molar-refractivity contribution in [1.29, 1.82) is 0 Å². The zero-order valence-electron chi connectivity index (χ0n) is 15.2. The zero-order valence-corrected chi connectivity index (χ0v) is 15.2. The molecule has 2 N–H and O–H groups in total. The molecule has 0 radical (unpaired) electrons. The number of rotatable bonds is 2. The van der Waals surface area contributed by atoms with Crippen LogP contribution in [0.2, 0.25) is 0 Å². The summed E-state index contributed by atoms with van der Waals surface area (Å²) in [5.41, 5.74) is 2.52. The van der Waals surface area contributed by atoms with Crippen LogP contribution < -0.4 is 10.6 Å². The van der Waals surface area contributed by atoms with Crippen LogP contribution in [0.1, 0.15) is 24.0 Å². The fourth-order valence-electron chi connectivity index (χ4n) is 4.51. The van der Waals surface area contributed by atoms with Crippen molar-refractivity contribution >= 4 is 11.9 Å². The standard InChI is InChI=1S/C20H28N4O2/c25-19(23-8-6-16-11-21-12-17(16)7-9-23)13-22-20(26)24-10-5-15-3-1-2-4-18(15)14-24/h1-4,16-17,21H,5-14H2,(H,22,26)/t16-,17+. The summed E-state index contributed by atoms with van der Waals surface area (Å²) in [7, 11) is 0. The van der Waals surface area contributed by atoms with Crippen molar-refractivity contribution in [2.24, 2.45) is 11.8 Å². The summed E-state index contributed by atoms with van der Waals surface area (Å²) in [6, 6.07) is 8.11. The van der Waals surface area contributed by atoms with E-state index in [4.69, 9.17) is 0 Å². The van der Waals surface area contributed by atoms with Crippen LogP contribution in [0.15, 0.2) is 24.3 Å². The number of nitrogens with zero attached hydrogens (tertiary/aromatic N) is 2. The zero-order chi connectivity index (χ0) is 17.9. The van der Waals surface area contributed by atoms with Crippen LogP contribution in [0, 0.1) is 11.8 Å². The average Bonchev–Trinajstić information content (AvgIpc) is 3.03. The highest BCUT2D eigenvalue weighted by Gasteiger charge is 2.31. The first kappa shape index (κ1) is 17.3. The van der Waals surface area contributed by atoms with E-state index in [1.165, 1.54) is 11.1 Å². The smallest absolute Gasteiger partial charge is 0.318 e. The second kappa shape index (κ2) is 7.66. The highest BCUT2D eigenvalue weighted by Crippen LogP contribution is 2.27. The van der Waals surface area contributed by atoms with Gasteiger partial charge in [-0.15, -0.1) is 0 Å². The number of carbonyl (C=O) groups excluding carboxylic acids is 2. The fourth-order valence-corrected chi connectivity index (χ4v) is 4.51. The lowest BCUT2D eigenvalue weighted by Crippen LogP contribution is -2.47. The topological polar surface area (TPSA) is 64.7 Å². The van der Waals surface area contributed by atoms with Crippen molar-refractivity contribution in [2.45, 2.75) is 25.8 Å². The lowest BCUT2D eigenvalue weighted by atomic mass is 9.92. The Balaban J connectivity index is 1.26. The number of hydrogen-bond donors (Lipinski definition) is 2. The van der Waals surface area contributed by atoms with Crippen LogP contribution in [0.5, 0.6) is 0 Å². The van der Waals surface area contributed by atoms with E-state index >= 15 is 0 Å². The summed E-state index contributed by atoms with van der Waals surface area (Å²) in [5, 5.41) is 6.29. The Bertz CT molecular complexity index is 664. The first-order valence-electron chi connectivity index (χ1n) is 9.79. The van der Waals surface area contributed by atoms with E-state index in [9.17, 15) is 9.59 Å². The van der Waals surface area contributed by atoms with Gasteiger partial charge in [-0.1, -0.05) is 24.3 Å². The maximum absolute atomic E-state index is 12.5. The van der Waals surface area contributed by atoms with Gasteiger partial charge in [0.2, 0.25) is 5.91 Å². The van der Waals surface area contributed by atoms with Crippen molar-refractivity contribution in [3.05, 3.63) is 35.4 Å². The maximum atomic E-state index is 12.5. The molecule has 0 saturated carbocycles. The minimum Gasteiger partial charge on any atom is -0.341 e. The van der Waals surface area contributed by atoms with E-state index in [0.29, 0.717) is 24.9 Å². The molecule has 3 aliphatic rings. The largest absolute Gasteiger partial charge is 0.341 e. The molecule has 0 aliphatic carbocycles. The van der Waals surface area contributed by atoms with E-state index in [0.717, 1.165) is 45.4 Å². The molecule has 4 rings (SSSR count). The Hall–Kier alpha value is -2.08. The molecule has 6 heteroatoms. The molecule has 6 nitrogen and oxygen atoms in total. The molecule has 2 saturated heterocycles. The minimum atomic E-state index is -0.135. The molecular weight excluding hydrogens is 328 g/mol. The van der Waals surface area contributed by atoms with Crippen LogP contribution in [0.3, 0.4) is 0 Å². The molecule has 3 aliphatic heterocycles. The third-order valence-electron chi connectivity index (χ3n) is 6.18. The Morgan fingerprint density at radius 2 is 1.69 bits per heavy atom. The van der Waals surface area contributed by atoms with Gasteiger partial charge in [-0.2, -0.15) is 0 Å². The first-order valence-corrected chi connectivity index (χ1v) is 9.79. The van der Waals surface area contributed by atoms with Gasteiger partial charge in [-0.05, 0) is 55.3 Å². The number of hydrogen-bond acceptors (Lipinski definition) is 3. The quantitative estimate of drug-likeness (QED) is 0.837. The van der Waals surface area contributed by atoms with Crippen molar-refractivity contribution in [3.63, 3.8) is 0 Å². The van der Waals surface area contributed by atoms with Crippen LogP contribution in [-0.2, 0) is 17.8 Å². The molecule has 0 spiro atoms. The van der Waals surface area contributed by atoms with Crippen LogP contribution in [0.4, 0.5) is 4.79 Å². The second-order valence-corrected chi connectivity index (χ2v) is 7.74. The number of amides is 3. The molecule has 3 heterocycles. The van der Waals surface area contributed by atoms with Gasteiger partial charge in [0.25, 0.3) is 0 Å². The molecule has 26 heavy (non-hydrogen) atoms. The minimum absolute atomic E-state index is 0.0451. The summed E-state index contributed by atoms with van der Waals surface area (Å²) >= 11 is 0. The first-order chi connectivity index (χ1) is 12.7. The summed E-state index contributed by atoms with van der Waals surface area (Å²) in [6.07, 6.45) is 3.01. The Morgan fingerprint density at radius 3 is 2.42 bits per heavy atom. The Morgan fingerprint density at radius 1 is 1.00 bits per heavy atom. The average molecular weight is 356 g/mol. The van der Waals surface area contributed by atoms with Gasteiger partial charge in [-0.25, -0.2) is 4.79 Å². The summed E-state index contributed by atoms with van der Waals surface area (Å²) in [6.45, 7) is 5.22. The normalized spacial score (nSPS) is 25.2. The Labute approximate surface area is 154 Å². The summed E-state index contributed by atoms with van der Waals surface area (Å²) in [4.78, 5) is 28.7. The van der Waals surface area contributed by atoms with Gasteiger partial charge >= 0.3 is 6.03 Å². The third kappa shape index (κ3) is 3.70. The molecule has 140 valence electrons. The molecule has 2 atom stereocenters. The molecular formula is C20H28N4O2. The number of carbonyl (C=O) groups is 2. The van der Waals surface area contributed by atoms with E-state index in [1.807, 2.05) is 17.0 Å². The van der Waals surface area contributed by atoms with Gasteiger partial charge in [-0.3, -0.25) is 4.79 Å². The van der Waals surface area contributed by atoms with Gasteiger partial charge in [0.15, 0.2) is 0 Å². The summed E-state index contributed by atoms with van der Waals surface area (Å²) < 4.78 is 0. The molecule has 1 aromatic carbocycles. The predicted molar refractivity (Wildman–Crippen MR) is 99.6 cm³/mol. The molecule has 2 fully saturated rings. The Kier molecular flexibility index (Phi) is 5.11. The molecule has 0 unspecified atom stereocenters. The van der Waals surface area contributed by atoms with Crippen LogP contribution in [-0.4, -0.2) is 61.0 Å². The molecule has 3 amide bonds. The second-order valence-electron chi connectivity index (χ2n) is 7.74. The number of urea groups is 1. The molecule has 1 aromatic rings. The SMILES string of the molecule is O=C(CNC(=O)N1CCc2ccccc2C1)N1CC[C@@H]2CNC[C@@H]2CC1. The van der Waals surface area contributed by atoms with E-state index in [1.54, 1.807) is 4.90 Å². The predicted octanol–water partition coefficient (Wildman–Crippen LogP) is 1.21. The van der Waals surface area contributed by atoms with Crippen LogP contribution in [0.25, 0.3) is 0 Å². The third-order valence-corrected chi connectivity index (χ3v) is 6.18. The maximum Gasteiger partial charge on any atom is 0.318 e. The lowest BCUT2D eigenvalue weighted by Gasteiger charge is -2.29. The highest BCUT2D eigenvalue weighted by atomic mass is 16.2. The van der Waals surface area contributed by atoms with Gasteiger partial charge in [0.1, 0.15) is 0 Å². The van der Waals surface area contributed by atoms with Crippen molar-refractivity contribution < 1.29 is 9.59 Å². The number of benzene rings is 1. The highest BCUT2D eigenvalue weighted by molar-refractivity contribution is 5.84.